The third kappa shape index (κ3) is 2.98. The Bertz CT molecular complexity index is 705. The molecule has 0 aromatic carbocycles. The fourth-order valence-electron chi connectivity index (χ4n) is 3.80. The first-order valence-electron chi connectivity index (χ1n) is 8.64. The lowest BCUT2D eigenvalue weighted by molar-refractivity contribution is -0.140. The molecule has 0 saturated carbocycles. The maximum atomic E-state index is 12.5. The lowest BCUT2D eigenvalue weighted by Gasteiger charge is -2.43. The number of amides is 1. The standard InChI is InChI=1S/C19H22N2O2S/c22-17(4-3-15-2-1-9-20-14-15)21-10-7-19(8-11-21)18-16(5-12-23-19)6-13-24-18/h1-2,6,9,13-14H,3-5,7-8,10-12H2. The molecule has 4 nitrogen and oxygen atoms in total. The maximum Gasteiger partial charge on any atom is 0.222 e. The molecule has 0 aliphatic carbocycles. The van der Waals surface area contributed by atoms with E-state index >= 15 is 0 Å². The second-order valence-corrected chi connectivity index (χ2v) is 7.53. The Labute approximate surface area is 146 Å². The van der Waals surface area contributed by atoms with Crippen LogP contribution in [0, 0.1) is 0 Å². The molecule has 2 aromatic heterocycles. The quantitative estimate of drug-likeness (QED) is 0.860. The Morgan fingerprint density at radius 3 is 3.00 bits per heavy atom. The highest BCUT2D eigenvalue weighted by molar-refractivity contribution is 7.10. The molecule has 2 aromatic rings. The summed E-state index contributed by atoms with van der Waals surface area (Å²) in [4.78, 5) is 20.0. The lowest BCUT2D eigenvalue weighted by Crippen LogP contribution is -2.47. The number of hydrogen-bond donors (Lipinski definition) is 0. The van der Waals surface area contributed by atoms with Gasteiger partial charge in [-0.05, 0) is 54.3 Å². The van der Waals surface area contributed by atoms with Crippen molar-refractivity contribution in [2.24, 2.45) is 0 Å². The highest BCUT2D eigenvalue weighted by Crippen LogP contribution is 2.44. The van der Waals surface area contributed by atoms with E-state index in [1.54, 1.807) is 6.20 Å². The van der Waals surface area contributed by atoms with Crippen LogP contribution in [0.15, 0.2) is 36.0 Å². The highest BCUT2D eigenvalue weighted by Gasteiger charge is 2.42. The number of thiophene rings is 1. The molecule has 5 heteroatoms. The van der Waals surface area contributed by atoms with Crippen molar-refractivity contribution in [3.8, 4) is 0 Å². The van der Waals surface area contributed by atoms with Crippen molar-refractivity contribution >= 4 is 17.2 Å². The van der Waals surface area contributed by atoms with E-state index in [4.69, 9.17) is 4.74 Å². The first-order chi connectivity index (χ1) is 11.8. The van der Waals surface area contributed by atoms with Crippen molar-refractivity contribution in [2.45, 2.75) is 37.7 Å². The van der Waals surface area contributed by atoms with Crippen molar-refractivity contribution in [2.75, 3.05) is 19.7 Å². The molecule has 1 spiro atoms. The number of nitrogens with zero attached hydrogens (tertiary/aromatic N) is 2. The highest BCUT2D eigenvalue weighted by atomic mass is 32.1. The molecule has 0 bridgehead atoms. The van der Waals surface area contributed by atoms with E-state index in [9.17, 15) is 4.79 Å². The number of piperidine rings is 1. The number of carbonyl (C=O) groups excluding carboxylic acids is 1. The van der Waals surface area contributed by atoms with E-state index in [-0.39, 0.29) is 11.5 Å². The minimum Gasteiger partial charge on any atom is -0.369 e. The topological polar surface area (TPSA) is 42.4 Å². The van der Waals surface area contributed by atoms with Gasteiger partial charge in [0.15, 0.2) is 0 Å². The second kappa shape index (κ2) is 6.65. The Balaban J connectivity index is 1.36. The Hall–Kier alpha value is -1.72. The zero-order chi connectivity index (χ0) is 16.4. The number of likely N-dealkylation sites (tertiary alicyclic amines) is 1. The normalized spacial score (nSPS) is 19.2. The van der Waals surface area contributed by atoms with E-state index in [2.05, 4.69) is 16.4 Å². The van der Waals surface area contributed by atoms with Gasteiger partial charge in [-0.15, -0.1) is 11.3 Å². The molecule has 1 saturated heterocycles. The molecule has 2 aliphatic rings. The van der Waals surface area contributed by atoms with Gasteiger partial charge < -0.3 is 9.64 Å². The van der Waals surface area contributed by atoms with Gasteiger partial charge in [-0.1, -0.05) is 6.07 Å². The molecule has 0 radical (unpaired) electrons. The van der Waals surface area contributed by atoms with Crippen LogP contribution in [0.1, 0.15) is 35.3 Å². The van der Waals surface area contributed by atoms with Crippen molar-refractivity contribution in [1.29, 1.82) is 0 Å². The van der Waals surface area contributed by atoms with Crippen LogP contribution in [-0.2, 0) is 28.0 Å². The number of ether oxygens (including phenoxy) is 1. The molecule has 24 heavy (non-hydrogen) atoms. The molecule has 1 fully saturated rings. The van der Waals surface area contributed by atoms with Gasteiger partial charge >= 0.3 is 0 Å². The van der Waals surface area contributed by atoms with E-state index in [1.165, 1.54) is 10.4 Å². The summed E-state index contributed by atoms with van der Waals surface area (Å²) in [5.41, 5.74) is 2.43. The van der Waals surface area contributed by atoms with Gasteiger partial charge in [0.25, 0.3) is 0 Å². The van der Waals surface area contributed by atoms with Gasteiger partial charge in [-0.25, -0.2) is 0 Å². The number of hydrogen-bond acceptors (Lipinski definition) is 4. The smallest absolute Gasteiger partial charge is 0.222 e. The minimum atomic E-state index is -0.137. The molecule has 1 amide bonds. The second-order valence-electron chi connectivity index (χ2n) is 6.61. The van der Waals surface area contributed by atoms with Crippen LogP contribution in [0.5, 0.6) is 0 Å². The predicted octanol–water partition coefficient (Wildman–Crippen LogP) is 3.17. The molecular formula is C19H22N2O2S. The predicted molar refractivity (Wildman–Crippen MR) is 94.0 cm³/mol. The molecule has 0 N–H and O–H groups in total. The van der Waals surface area contributed by atoms with Crippen LogP contribution in [0.3, 0.4) is 0 Å². The summed E-state index contributed by atoms with van der Waals surface area (Å²) in [6.07, 6.45) is 7.78. The van der Waals surface area contributed by atoms with Crippen molar-refractivity contribution in [3.05, 3.63) is 52.0 Å². The van der Waals surface area contributed by atoms with Gasteiger partial charge in [0, 0.05) is 36.8 Å². The summed E-state index contributed by atoms with van der Waals surface area (Å²) in [5, 5.41) is 2.17. The number of carbonyl (C=O) groups is 1. The van der Waals surface area contributed by atoms with E-state index < -0.39 is 0 Å². The van der Waals surface area contributed by atoms with E-state index in [1.807, 2.05) is 34.6 Å². The largest absolute Gasteiger partial charge is 0.369 e. The van der Waals surface area contributed by atoms with Gasteiger partial charge in [-0.3, -0.25) is 9.78 Å². The third-order valence-corrected chi connectivity index (χ3v) is 6.33. The van der Waals surface area contributed by atoms with Gasteiger partial charge in [0.2, 0.25) is 5.91 Å². The Kier molecular flexibility index (Phi) is 4.37. The molecule has 0 atom stereocenters. The molecule has 0 unspecified atom stereocenters. The summed E-state index contributed by atoms with van der Waals surface area (Å²) >= 11 is 1.81. The first-order valence-corrected chi connectivity index (χ1v) is 9.52. The maximum absolute atomic E-state index is 12.5. The van der Waals surface area contributed by atoms with Crippen LogP contribution in [0.25, 0.3) is 0 Å². The van der Waals surface area contributed by atoms with E-state index in [0.29, 0.717) is 6.42 Å². The molecule has 126 valence electrons. The molecular weight excluding hydrogens is 320 g/mol. The zero-order valence-electron chi connectivity index (χ0n) is 13.7. The molecule has 2 aliphatic heterocycles. The van der Waals surface area contributed by atoms with Crippen LogP contribution in [0.4, 0.5) is 0 Å². The van der Waals surface area contributed by atoms with Crippen molar-refractivity contribution in [1.82, 2.24) is 9.88 Å². The number of pyridine rings is 1. The summed E-state index contributed by atoms with van der Waals surface area (Å²) in [6, 6.07) is 6.18. The Morgan fingerprint density at radius 1 is 1.33 bits per heavy atom. The first kappa shape index (κ1) is 15.8. The van der Waals surface area contributed by atoms with Crippen LogP contribution in [-0.4, -0.2) is 35.5 Å². The van der Waals surface area contributed by atoms with Crippen LogP contribution >= 0.6 is 11.3 Å². The fourth-order valence-corrected chi connectivity index (χ4v) is 4.97. The summed E-state index contributed by atoms with van der Waals surface area (Å²) in [7, 11) is 0. The van der Waals surface area contributed by atoms with Gasteiger partial charge in [0.05, 0.1) is 6.61 Å². The van der Waals surface area contributed by atoms with Crippen molar-refractivity contribution in [3.63, 3.8) is 0 Å². The van der Waals surface area contributed by atoms with Crippen LogP contribution < -0.4 is 0 Å². The fraction of sp³-hybridized carbons (Fsp3) is 0.474. The van der Waals surface area contributed by atoms with Gasteiger partial charge in [0.1, 0.15) is 5.60 Å². The van der Waals surface area contributed by atoms with Crippen LogP contribution in [0.2, 0.25) is 0 Å². The number of aromatic nitrogens is 1. The summed E-state index contributed by atoms with van der Waals surface area (Å²) in [5.74, 6) is 0.246. The third-order valence-electron chi connectivity index (χ3n) is 5.18. The minimum absolute atomic E-state index is 0.137. The lowest BCUT2D eigenvalue weighted by atomic mass is 9.85. The number of fused-ring (bicyclic) bond motifs is 2. The number of aryl methyl sites for hydroxylation is 1. The van der Waals surface area contributed by atoms with Gasteiger partial charge in [-0.2, -0.15) is 0 Å². The summed E-state index contributed by atoms with van der Waals surface area (Å²) in [6.45, 7) is 2.39. The molecule has 4 rings (SSSR count). The SMILES string of the molecule is O=C(CCc1cccnc1)N1CCC2(CC1)OCCc1ccsc12. The average molecular weight is 342 g/mol. The zero-order valence-corrected chi connectivity index (χ0v) is 14.6. The Morgan fingerprint density at radius 2 is 2.21 bits per heavy atom. The average Bonchev–Trinajstić information content (AvgIpc) is 3.12. The van der Waals surface area contributed by atoms with E-state index in [0.717, 1.165) is 50.9 Å². The summed E-state index contributed by atoms with van der Waals surface area (Å²) < 4.78 is 6.21. The van der Waals surface area contributed by atoms with Crippen molar-refractivity contribution < 1.29 is 9.53 Å². The molecule has 4 heterocycles. The number of rotatable bonds is 3. The monoisotopic (exact) mass is 342 g/mol.